The van der Waals surface area contributed by atoms with Gasteiger partial charge in [-0.15, -0.1) is 0 Å². The largest absolute Gasteiger partial charge is 0.291 e. The maximum absolute atomic E-state index is 11.5. The first-order chi connectivity index (χ1) is 9.15. The van der Waals surface area contributed by atoms with Crippen LogP contribution < -0.4 is 5.32 Å². The van der Waals surface area contributed by atoms with E-state index in [0.29, 0.717) is 5.56 Å². The third kappa shape index (κ3) is 3.46. The van der Waals surface area contributed by atoms with Crippen LogP contribution in [0.5, 0.6) is 0 Å². The molecule has 0 fully saturated rings. The fourth-order valence-corrected chi connectivity index (χ4v) is 1.34. The molecule has 0 saturated heterocycles. The number of nitro benzene ring substituents is 1. The summed E-state index contributed by atoms with van der Waals surface area (Å²) in [5.41, 5.74) is 0.528. The number of nitrogens with zero attached hydrogens (tertiary/aromatic N) is 3. The summed E-state index contributed by atoms with van der Waals surface area (Å²) in [5, 5.41) is 19.1. The van der Waals surface area contributed by atoms with Gasteiger partial charge in [-0.2, -0.15) is 10.1 Å². The van der Waals surface area contributed by atoms with Crippen LogP contribution in [0.4, 0.5) is 11.6 Å². The number of benzene rings is 1. The molecule has 1 heterocycles. The van der Waals surface area contributed by atoms with Gasteiger partial charge in [0.15, 0.2) is 0 Å². The molecule has 2 rings (SSSR count). The summed E-state index contributed by atoms with van der Waals surface area (Å²) >= 11 is 0. The van der Waals surface area contributed by atoms with E-state index >= 15 is 0 Å². The number of nitrogens with one attached hydrogen (secondary N) is 2. The van der Waals surface area contributed by atoms with Crippen LogP contribution in [0.1, 0.15) is 5.56 Å². The number of nitro groups is 1. The van der Waals surface area contributed by atoms with Gasteiger partial charge in [-0.05, 0) is 11.6 Å². The summed E-state index contributed by atoms with van der Waals surface area (Å²) in [6.45, 7) is 0. The van der Waals surface area contributed by atoms with E-state index in [0.717, 1.165) is 0 Å². The third-order valence-corrected chi connectivity index (χ3v) is 2.16. The molecule has 1 amide bonds. The number of carbonyl (C=O) groups is 1. The molecule has 0 aliphatic heterocycles. The van der Waals surface area contributed by atoms with Crippen LogP contribution in [0.15, 0.2) is 36.7 Å². The number of hydrogen-bond acceptors (Lipinski definition) is 5. The lowest BCUT2D eigenvalue weighted by molar-refractivity contribution is -0.384. The van der Waals surface area contributed by atoms with Crippen molar-refractivity contribution in [3.63, 3.8) is 0 Å². The summed E-state index contributed by atoms with van der Waals surface area (Å²) in [5.74, 6) is -0.183. The molecular formula is C11H9N5O3. The monoisotopic (exact) mass is 259 g/mol. The second-order valence-corrected chi connectivity index (χ2v) is 3.51. The highest BCUT2D eigenvalue weighted by molar-refractivity contribution is 6.00. The number of hydrogen-bond donors (Lipinski definition) is 2. The van der Waals surface area contributed by atoms with Crippen LogP contribution in [-0.2, 0) is 4.79 Å². The predicted molar refractivity (Wildman–Crippen MR) is 67.1 cm³/mol. The Labute approximate surface area is 107 Å². The summed E-state index contributed by atoms with van der Waals surface area (Å²) < 4.78 is 0. The number of rotatable bonds is 4. The minimum absolute atomic E-state index is 0.0298. The fraction of sp³-hybridized carbons (Fsp3) is 0. The Balaban J connectivity index is 2.04. The molecule has 1 aromatic carbocycles. The van der Waals surface area contributed by atoms with Gasteiger partial charge in [-0.3, -0.25) is 20.2 Å². The number of carbonyl (C=O) groups excluding carboxylic acids is 1. The van der Waals surface area contributed by atoms with Gasteiger partial charge in [0.2, 0.25) is 5.95 Å². The van der Waals surface area contributed by atoms with Gasteiger partial charge < -0.3 is 0 Å². The van der Waals surface area contributed by atoms with Gasteiger partial charge in [-0.25, -0.2) is 5.10 Å². The first-order valence-corrected chi connectivity index (χ1v) is 5.24. The normalized spacial score (nSPS) is 10.5. The summed E-state index contributed by atoms with van der Waals surface area (Å²) in [6, 6.07) is 5.96. The van der Waals surface area contributed by atoms with Gasteiger partial charge >= 0.3 is 0 Å². The zero-order valence-corrected chi connectivity index (χ0v) is 9.61. The summed E-state index contributed by atoms with van der Waals surface area (Å²) in [7, 11) is 0. The van der Waals surface area contributed by atoms with E-state index in [2.05, 4.69) is 20.5 Å². The van der Waals surface area contributed by atoms with Crippen LogP contribution in [0.3, 0.4) is 0 Å². The van der Waals surface area contributed by atoms with Crippen molar-refractivity contribution in [1.29, 1.82) is 0 Å². The Morgan fingerprint density at radius 3 is 3.00 bits per heavy atom. The molecule has 96 valence electrons. The molecule has 0 unspecified atom stereocenters. The molecule has 1 aromatic heterocycles. The molecule has 8 heteroatoms. The van der Waals surface area contributed by atoms with Gasteiger partial charge in [-0.1, -0.05) is 12.1 Å². The maximum Gasteiger partial charge on any atom is 0.270 e. The first-order valence-electron chi connectivity index (χ1n) is 5.24. The highest BCUT2D eigenvalue weighted by Crippen LogP contribution is 2.14. The Hall–Kier alpha value is -3.03. The van der Waals surface area contributed by atoms with Crippen molar-refractivity contribution in [1.82, 2.24) is 15.2 Å². The molecular weight excluding hydrogens is 250 g/mol. The van der Waals surface area contributed by atoms with Crippen molar-refractivity contribution in [2.75, 3.05) is 5.32 Å². The van der Waals surface area contributed by atoms with Crippen LogP contribution in [0, 0.1) is 10.1 Å². The van der Waals surface area contributed by atoms with E-state index in [1.807, 2.05) is 0 Å². The minimum Gasteiger partial charge on any atom is -0.291 e. The van der Waals surface area contributed by atoms with Crippen molar-refractivity contribution in [2.45, 2.75) is 0 Å². The minimum atomic E-state index is -0.494. The number of aromatic amines is 1. The number of anilines is 1. The molecule has 0 atom stereocenters. The van der Waals surface area contributed by atoms with Crippen LogP contribution in [-0.4, -0.2) is 26.0 Å². The van der Waals surface area contributed by atoms with Crippen LogP contribution >= 0.6 is 0 Å². The molecule has 2 aromatic rings. The number of H-pyrrole nitrogens is 1. The Bertz CT molecular complexity index is 621. The van der Waals surface area contributed by atoms with Crippen molar-refractivity contribution in [3.8, 4) is 0 Å². The molecule has 0 radical (unpaired) electrons. The third-order valence-electron chi connectivity index (χ3n) is 2.16. The number of aromatic nitrogens is 3. The Morgan fingerprint density at radius 1 is 1.47 bits per heavy atom. The van der Waals surface area contributed by atoms with Crippen molar-refractivity contribution in [2.24, 2.45) is 0 Å². The topological polar surface area (TPSA) is 114 Å². The summed E-state index contributed by atoms with van der Waals surface area (Å²) in [6.07, 6.45) is 3.99. The molecule has 0 aliphatic carbocycles. The number of amides is 1. The smallest absolute Gasteiger partial charge is 0.270 e. The van der Waals surface area contributed by atoms with E-state index in [1.165, 1.54) is 30.6 Å². The van der Waals surface area contributed by atoms with Crippen LogP contribution in [0.2, 0.25) is 0 Å². The Morgan fingerprint density at radius 2 is 2.32 bits per heavy atom. The van der Waals surface area contributed by atoms with E-state index in [-0.39, 0.29) is 11.6 Å². The second-order valence-electron chi connectivity index (χ2n) is 3.51. The second kappa shape index (κ2) is 5.54. The molecule has 2 N–H and O–H groups in total. The van der Waals surface area contributed by atoms with E-state index in [9.17, 15) is 14.9 Å². The zero-order valence-electron chi connectivity index (χ0n) is 9.61. The SMILES string of the molecule is O=C(C=Cc1cccc([N+](=O)[O-])c1)Nc1ncn[nH]1. The predicted octanol–water partition coefficient (Wildman–Crippen LogP) is 1.36. The quantitative estimate of drug-likeness (QED) is 0.489. The van der Waals surface area contributed by atoms with E-state index < -0.39 is 10.8 Å². The lowest BCUT2D eigenvalue weighted by atomic mass is 10.2. The van der Waals surface area contributed by atoms with Gasteiger partial charge in [0.25, 0.3) is 11.6 Å². The van der Waals surface area contributed by atoms with Crippen molar-refractivity contribution >= 4 is 23.6 Å². The summed E-state index contributed by atoms with van der Waals surface area (Å²) in [4.78, 5) is 25.3. The highest BCUT2D eigenvalue weighted by Gasteiger charge is 2.04. The highest BCUT2D eigenvalue weighted by atomic mass is 16.6. The van der Waals surface area contributed by atoms with Gasteiger partial charge in [0.05, 0.1) is 4.92 Å². The van der Waals surface area contributed by atoms with Crippen molar-refractivity contribution in [3.05, 3.63) is 52.3 Å². The van der Waals surface area contributed by atoms with E-state index in [1.54, 1.807) is 12.1 Å². The standard InChI is InChI=1S/C11H9N5O3/c17-10(14-11-12-7-13-15-11)5-4-8-2-1-3-9(6-8)16(18)19/h1-7H,(H2,12,13,14,15,17). The molecule has 0 spiro atoms. The lowest BCUT2D eigenvalue weighted by Gasteiger charge is -1.96. The van der Waals surface area contributed by atoms with Gasteiger partial charge in [0, 0.05) is 18.2 Å². The van der Waals surface area contributed by atoms with Crippen LogP contribution in [0.25, 0.3) is 6.08 Å². The number of non-ortho nitro benzene ring substituents is 1. The first kappa shape index (κ1) is 12.4. The maximum atomic E-state index is 11.5. The van der Waals surface area contributed by atoms with Gasteiger partial charge in [0.1, 0.15) is 6.33 Å². The molecule has 0 bridgehead atoms. The van der Waals surface area contributed by atoms with E-state index in [4.69, 9.17) is 0 Å². The average molecular weight is 259 g/mol. The average Bonchev–Trinajstić information content (AvgIpc) is 2.89. The fourth-order valence-electron chi connectivity index (χ4n) is 1.34. The molecule has 0 aliphatic rings. The zero-order chi connectivity index (χ0) is 13.7. The lowest BCUT2D eigenvalue weighted by Crippen LogP contribution is -2.08. The molecule has 8 nitrogen and oxygen atoms in total. The molecule has 19 heavy (non-hydrogen) atoms. The Kier molecular flexibility index (Phi) is 3.62. The van der Waals surface area contributed by atoms with Crippen molar-refractivity contribution < 1.29 is 9.72 Å². The molecule has 0 saturated carbocycles.